The first-order chi connectivity index (χ1) is 9.66. The minimum Gasteiger partial charge on any atom is -0.355 e. The minimum absolute atomic E-state index is 0.0216. The van der Waals surface area contributed by atoms with E-state index in [4.69, 9.17) is 5.73 Å². The van der Waals surface area contributed by atoms with Crippen LogP contribution in [0.4, 0.5) is 4.39 Å². The second kappa shape index (κ2) is 7.39. The summed E-state index contributed by atoms with van der Waals surface area (Å²) in [6, 6.07) is 6.46. The monoisotopic (exact) mass is 278 g/mol. The number of halogens is 1. The number of hydrogen-bond acceptors (Lipinski definition) is 2. The Morgan fingerprint density at radius 2 is 2.10 bits per heavy atom. The third-order valence-corrected chi connectivity index (χ3v) is 4.01. The van der Waals surface area contributed by atoms with Gasteiger partial charge >= 0.3 is 0 Å². The van der Waals surface area contributed by atoms with Gasteiger partial charge in [-0.3, -0.25) is 4.79 Å². The molecule has 3 nitrogen and oxygen atoms in total. The van der Waals surface area contributed by atoms with E-state index < -0.39 is 0 Å². The number of nitrogens with one attached hydrogen (secondary N) is 1. The fraction of sp³-hybridized carbons (Fsp3) is 0.562. The Bertz CT molecular complexity index is 450. The third kappa shape index (κ3) is 4.30. The SMILES string of the molecule is NC1CCCCCC1C(=O)NCCc1cccc(F)c1. The quantitative estimate of drug-likeness (QED) is 0.831. The van der Waals surface area contributed by atoms with Gasteiger partial charge in [0.1, 0.15) is 5.82 Å². The molecule has 1 amide bonds. The minimum atomic E-state index is -0.236. The zero-order valence-corrected chi connectivity index (χ0v) is 11.8. The van der Waals surface area contributed by atoms with E-state index >= 15 is 0 Å². The Hall–Kier alpha value is -1.42. The Labute approximate surface area is 119 Å². The Morgan fingerprint density at radius 1 is 1.30 bits per heavy atom. The molecule has 0 radical (unpaired) electrons. The number of benzene rings is 1. The Balaban J connectivity index is 1.79. The lowest BCUT2D eigenvalue weighted by molar-refractivity contribution is -0.125. The van der Waals surface area contributed by atoms with E-state index in [9.17, 15) is 9.18 Å². The van der Waals surface area contributed by atoms with Crippen molar-refractivity contribution < 1.29 is 9.18 Å². The molecule has 0 saturated heterocycles. The van der Waals surface area contributed by atoms with Gasteiger partial charge in [-0.05, 0) is 37.0 Å². The van der Waals surface area contributed by atoms with Crippen molar-refractivity contribution in [3.63, 3.8) is 0 Å². The van der Waals surface area contributed by atoms with Crippen molar-refractivity contribution in [2.45, 2.75) is 44.6 Å². The van der Waals surface area contributed by atoms with Crippen LogP contribution in [0.25, 0.3) is 0 Å². The van der Waals surface area contributed by atoms with E-state index in [0.717, 1.165) is 31.2 Å². The number of amides is 1. The highest BCUT2D eigenvalue weighted by atomic mass is 19.1. The molecular weight excluding hydrogens is 255 g/mol. The summed E-state index contributed by atoms with van der Waals surface area (Å²) in [6.07, 6.45) is 5.82. The van der Waals surface area contributed by atoms with Gasteiger partial charge < -0.3 is 11.1 Å². The van der Waals surface area contributed by atoms with E-state index in [-0.39, 0.29) is 23.7 Å². The predicted octanol–water partition coefficient (Wildman–Crippen LogP) is 2.39. The first-order valence-corrected chi connectivity index (χ1v) is 7.44. The molecule has 1 aromatic carbocycles. The lowest BCUT2D eigenvalue weighted by Crippen LogP contribution is -2.41. The molecule has 1 saturated carbocycles. The van der Waals surface area contributed by atoms with Gasteiger partial charge in [0.25, 0.3) is 0 Å². The number of hydrogen-bond donors (Lipinski definition) is 2. The molecule has 0 bridgehead atoms. The number of carbonyl (C=O) groups is 1. The summed E-state index contributed by atoms with van der Waals surface area (Å²) in [6.45, 7) is 0.533. The van der Waals surface area contributed by atoms with Crippen molar-refractivity contribution in [2.24, 2.45) is 11.7 Å². The number of nitrogens with two attached hydrogens (primary N) is 1. The van der Waals surface area contributed by atoms with Crippen molar-refractivity contribution in [1.82, 2.24) is 5.32 Å². The standard InChI is InChI=1S/C16H23FN2O/c17-13-6-4-5-12(11-13)9-10-19-16(20)14-7-2-1-3-8-15(14)18/h4-6,11,14-15H,1-3,7-10,18H2,(H,19,20). The molecule has 0 spiro atoms. The molecule has 1 aliphatic carbocycles. The molecule has 4 heteroatoms. The predicted molar refractivity (Wildman–Crippen MR) is 77.7 cm³/mol. The van der Waals surface area contributed by atoms with Gasteiger partial charge in [0, 0.05) is 12.6 Å². The highest BCUT2D eigenvalue weighted by molar-refractivity contribution is 5.79. The molecule has 1 fully saturated rings. The maximum atomic E-state index is 13.0. The summed E-state index contributed by atoms with van der Waals surface area (Å²) in [5.74, 6) is -0.250. The largest absolute Gasteiger partial charge is 0.355 e. The second-order valence-corrected chi connectivity index (χ2v) is 5.58. The molecule has 1 aromatic rings. The summed E-state index contributed by atoms with van der Waals surface area (Å²) in [5.41, 5.74) is 6.97. The van der Waals surface area contributed by atoms with E-state index in [2.05, 4.69) is 5.32 Å². The van der Waals surface area contributed by atoms with Crippen LogP contribution in [0.2, 0.25) is 0 Å². The van der Waals surface area contributed by atoms with Gasteiger partial charge in [0.05, 0.1) is 5.92 Å². The van der Waals surface area contributed by atoms with Crippen LogP contribution < -0.4 is 11.1 Å². The fourth-order valence-electron chi connectivity index (χ4n) is 2.82. The molecule has 110 valence electrons. The highest BCUT2D eigenvalue weighted by Crippen LogP contribution is 2.22. The first kappa shape index (κ1) is 15.0. The summed E-state index contributed by atoms with van der Waals surface area (Å²) in [5, 5.41) is 2.94. The van der Waals surface area contributed by atoms with Crippen LogP contribution in [-0.2, 0) is 11.2 Å². The maximum absolute atomic E-state index is 13.0. The van der Waals surface area contributed by atoms with Gasteiger partial charge in [-0.2, -0.15) is 0 Å². The van der Waals surface area contributed by atoms with Crippen molar-refractivity contribution in [2.75, 3.05) is 6.54 Å². The van der Waals surface area contributed by atoms with Gasteiger partial charge in [-0.25, -0.2) is 4.39 Å². The molecule has 2 atom stereocenters. The topological polar surface area (TPSA) is 55.1 Å². The fourth-order valence-corrected chi connectivity index (χ4v) is 2.82. The van der Waals surface area contributed by atoms with E-state index in [1.807, 2.05) is 6.07 Å². The summed E-state index contributed by atoms with van der Waals surface area (Å²) in [4.78, 5) is 12.2. The highest BCUT2D eigenvalue weighted by Gasteiger charge is 2.26. The van der Waals surface area contributed by atoms with Gasteiger partial charge in [0.2, 0.25) is 5.91 Å². The number of rotatable bonds is 4. The molecule has 1 aliphatic rings. The molecule has 2 unspecified atom stereocenters. The van der Waals surface area contributed by atoms with Crippen LogP contribution in [-0.4, -0.2) is 18.5 Å². The zero-order valence-electron chi connectivity index (χ0n) is 11.8. The summed E-state index contributed by atoms with van der Waals surface area (Å²) >= 11 is 0. The van der Waals surface area contributed by atoms with Crippen molar-refractivity contribution >= 4 is 5.91 Å². The smallest absolute Gasteiger partial charge is 0.224 e. The van der Waals surface area contributed by atoms with E-state index in [1.54, 1.807) is 6.07 Å². The van der Waals surface area contributed by atoms with Crippen LogP contribution in [0.1, 0.15) is 37.7 Å². The van der Waals surface area contributed by atoms with Crippen LogP contribution in [0.15, 0.2) is 24.3 Å². The average Bonchev–Trinajstić information content (AvgIpc) is 2.63. The van der Waals surface area contributed by atoms with Crippen LogP contribution in [0.3, 0.4) is 0 Å². The summed E-state index contributed by atoms with van der Waals surface area (Å²) < 4.78 is 13.0. The Kier molecular flexibility index (Phi) is 5.53. The molecule has 0 aromatic heterocycles. The maximum Gasteiger partial charge on any atom is 0.224 e. The van der Waals surface area contributed by atoms with Gasteiger partial charge in [-0.15, -0.1) is 0 Å². The van der Waals surface area contributed by atoms with Crippen molar-refractivity contribution in [3.8, 4) is 0 Å². The second-order valence-electron chi connectivity index (χ2n) is 5.58. The van der Waals surface area contributed by atoms with Gasteiger partial charge in [-0.1, -0.05) is 31.4 Å². The normalized spacial score (nSPS) is 23.1. The zero-order chi connectivity index (χ0) is 14.4. The Morgan fingerprint density at radius 3 is 2.90 bits per heavy atom. The van der Waals surface area contributed by atoms with Crippen LogP contribution in [0, 0.1) is 11.7 Å². The molecule has 20 heavy (non-hydrogen) atoms. The van der Waals surface area contributed by atoms with Crippen LogP contribution >= 0.6 is 0 Å². The third-order valence-electron chi connectivity index (χ3n) is 4.01. The molecule has 0 heterocycles. The molecular formula is C16H23FN2O. The first-order valence-electron chi connectivity index (χ1n) is 7.44. The van der Waals surface area contributed by atoms with Gasteiger partial charge in [0.15, 0.2) is 0 Å². The lowest BCUT2D eigenvalue weighted by atomic mass is 9.94. The lowest BCUT2D eigenvalue weighted by Gasteiger charge is -2.20. The van der Waals surface area contributed by atoms with Crippen molar-refractivity contribution in [3.05, 3.63) is 35.6 Å². The molecule has 2 rings (SSSR count). The van der Waals surface area contributed by atoms with E-state index in [1.165, 1.54) is 18.6 Å². The van der Waals surface area contributed by atoms with Crippen LogP contribution in [0.5, 0.6) is 0 Å². The van der Waals surface area contributed by atoms with E-state index in [0.29, 0.717) is 13.0 Å². The molecule has 0 aliphatic heterocycles. The molecule has 3 N–H and O–H groups in total. The average molecular weight is 278 g/mol. The number of carbonyl (C=O) groups excluding carboxylic acids is 1. The summed E-state index contributed by atoms with van der Waals surface area (Å²) in [7, 11) is 0. The van der Waals surface area contributed by atoms with Crippen molar-refractivity contribution in [1.29, 1.82) is 0 Å².